The van der Waals surface area contributed by atoms with Gasteiger partial charge in [0.1, 0.15) is 23.7 Å². The Balaban J connectivity index is 2.01. The molecule has 4 rings (SSSR count). The Labute approximate surface area is 187 Å². The number of methoxy groups -OCH3 is 2. The molecule has 0 spiro atoms. The molecule has 0 N–H and O–H groups in total. The van der Waals surface area contributed by atoms with Gasteiger partial charge in [0.2, 0.25) is 11.8 Å². The number of hydrogen-bond donors (Lipinski definition) is 0. The van der Waals surface area contributed by atoms with E-state index in [2.05, 4.69) is 15.1 Å². The zero-order valence-electron chi connectivity index (χ0n) is 17.9. The Morgan fingerprint density at radius 2 is 1.91 bits per heavy atom. The van der Waals surface area contributed by atoms with E-state index in [9.17, 15) is 13.6 Å². The minimum atomic E-state index is -0.849. The van der Waals surface area contributed by atoms with E-state index in [1.54, 1.807) is 24.3 Å². The van der Waals surface area contributed by atoms with Gasteiger partial charge in [0.05, 0.1) is 31.2 Å². The largest absolute Gasteiger partial charge is 0.493 e. The molecule has 0 atom stereocenters. The first-order valence-electron chi connectivity index (χ1n) is 9.69. The highest BCUT2D eigenvalue weighted by atomic mass is 19.1. The van der Waals surface area contributed by atoms with Crippen LogP contribution in [0.2, 0.25) is 0 Å². The highest BCUT2D eigenvalue weighted by Crippen LogP contribution is 2.46. The first kappa shape index (κ1) is 21.9. The van der Waals surface area contributed by atoms with Gasteiger partial charge in [-0.3, -0.25) is 4.79 Å². The molecule has 0 fully saturated rings. The van der Waals surface area contributed by atoms with Gasteiger partial charge in [0.25, 0.3) is 0 Å². The molecule has 1 amide bonds. The van der Waals surface area contributed by atoms with Crippen molar-refractivity contribution < 1.29 is 27.6 Å². The van der Waals surface area contributed by atoms with Crippen LogP contribution in [0.3, 0.4) is 0 Å². The highest BCUT2D eigenvalue weighted by molar-refractivity contribution is 6.04. The van der Waals surface area contributed by atoms with Crippen LogP contribution < -0.4 is 14.4 Å². The number of anilines is 2. The van der Waals surface area contributed by atoms with E-state index < -0.39 is 17.5 Å². The van der Waals surface area contributed by atoms with Crippen molar-refractivity contribution in [1.82, 2.24) is 15.1 Å². The molecule has 10 heteroatoms. The third-order valence-electron chi connectivity index (χ3n) is 4.84. The van der Waals surface area contributed by atoms with Crippen LogP contribution in [0.25, 0.3) is 22.5 Å². The molecular weight excluding hydrogens is 434 g/mol. The Kier molecular flexibility index (Phi) is 5.99. The second-order valence-electron chi connectivity index (χ2n) is 6.80. The van der Waals surface area contributed by atoms with Crippen LogP contribution in [0.1, 0.15) is 6.92 Å². The average molecular weight is 452 g/mol. The molecule has 2 aromatic heterocycles. The Morgan fingerprint density at radius 1 is 1.09 bits per heavy atom. The smallest absolute Gasteiger partial charge is 0.248 e. The molecule has 0 aliphatic rings. The van der Waals surface area contributed by atoms with E-state index in [4.69, 9.17) is 14.0 Å². The molecule has 4 aromatic rings. The summed E-state index contributed by atoms with van der Waals surface area (Å²) in [6.45, 7) is 1.32. The second-order valence-corrected chi connectivity index (χ2v) is 6.80. The van der Waals surface area contributed by atoms with Gasteiger partial charge in [-0.05, 0) is 30.3 Å². The lowest BCUT2D eigenvalue weighted by atomic mass is 10.0. The molecule has 0 aliphatic carbocycles. The Hall–Kier alpha value is -4.34. The number of ether oxygens (including phenoxy) is 2. The van der Waals surface area contributed by atoms with Crippen molar-refractivity contribution in [3.63, 3.8) is 0 Å². The number of para-hydroxylation sites is 1. The van der Waals surface area contributed by atoms with E-state index in [0.717, 1.165) is 12.1 Å². The number of halogens is 2. The first-order chi connectivity index (χ1) is 16.0. The maximum absolute atomic E-state index is 14.7. The lowest BCUT2D eigenvalue weighted by molar-refractivity contribution is -0.116. The molecule has 0 saturated carbocycles. The molecule has 2 aromatic carbocycles. The molecule has 168 valence electrons. The van der Waals surface area contributed by atoms with E-state index in [0.29, 0.717) is 17.1 Å². The summed E-state index contributed by atoms with van der Waals surface area (Å²) in [6.07, 6.45) is 2.77. The molecule has 33 heavy (non-hydrogen) atoms. The molecular formula is C23H18F2N4O4. The topological polar surface area (TPSA) is 90.6 Å². The summed E-state index contributed by atoms with van der Waals surface area (Å²) in [4.78, 5) is 22.2. The van der Waals surface area contributed by atoms with Gasteiger partial charge in [-0.25, -0.2) is 23.6 Å². The minimum absolute atomic E-state index is 0.0267. The third kappa shape index (κ3) is 3.98. The summed E-state index contributed by atoms with van der Waals surface area (Å²) >= 11 is 0. The van der Waals surface area contributed by atoms with Crippen molar-refractivity contribution >= 4 is 17.5 Å². The highest BCUT2D eigenvalue weighted by Gasteiger charge is 2.31. The molecule has 0 unspecified atom stereocenters. The molecule has 2 heterocycles. The van der Waals surface area contributed by atoms with E-state index in [1.165, 1.54) is 44.6 Å². The number of amides is 1. The second kappa shape index (κ2) is 9.03. The predicted molar refractivity (Wildman–Crippen MR) is 115 cm³/mol. The summed E-state index contributed by atoms with van der Waals surface area (Å²) in [5, 5.41) is 4.02. The number of rotatable bonds is 6. The van der Waals surface area contributed by atoms with Crippen LogP contribution in [-0.2, 0) is 4.79 Å². The summed E-state index contributed by atoms with van der Waals surface area (Å²) in [5.41, 5.74) is 0.841. The Bertz CT molecular complexity index is 1310. The first-order valence-corrected chi connectivity index (χ1v) is 9.69. The van der Waals surface area contributed by atoms with Crippen LogP contribution in [0, 0.1) is 11.6 Å². The number of carbonyl (C=O) groups is 1. The molecule has 0 saturated heterocycles. The van der Waals surface area contributed by atoms with Gasteiger partial charge in [-0.1, -0.05) is 11.2 Å². The van der Waals surface area contributed by atoms with Crippen molar-refractivity contribution in [2.75, 3.05) is 19.1 Å². The SMILES string of the molecule is COc1cccc(N(C(C)=O)c2onc(-c3ccc(F)cc3F)c2-c2ccncn2)c1OC. The predicted octanol–water partition coefficient (Wildman–Crippen LogP) is 4.78. The van der Waals surface area contributed by atoms with Gasteiger partial charge in [-0.15, -0.1) is 0 Å². The fourth-order valence-corrected chi connectivity index (χ4v) is 3.44. The fraction of sp³-hybridized carbons (Fsp3) is 0.130. The van der Waals surface area contributed by atoms with Crippen molar-refractivity contribution in [1.29, 1.82) is 0 Å². The van der Waals surface area contributed by atoms with Crippen LogP contribution in [-0.4, -0.2) is 35.3 Å². The normalized spacial score (nSPS) is 10.7. The van der Waals surface area contributed by atoms with Crippen LogP contribution in [0.4, 0.5) is 20.4 Å². The van der Waals surface area contributed by atoms with Crippen LogP contribution >= 0.6 is 0 Å². The monoisotopic (exact) mass is 452 g/mol. The summed E-state index contributed by atoms with van der Waals surface area (Å²) < 4.78 is 44.6. The van der Waals surface area contributed by atoms with Crippen molar-refractivity contribution in [3.8, 4) is 34.0 Å². The number of benzene rings is 2. The van der Waals surface area contributed by atoms with Gasteiger partial charge in [0, 0.05) is 24.8 Å². The summed E-state index contributed by atoms with van der Waals surface area (Å²) in [7, 11) is 2.90. The van der Waals surface area contributed by atoms with Crippen LogP contribution in [0.5, 0.6) is 11.5 Å². The molecule has 0 aliphatic heterocycles. The fourth-order valence-electron chi connectivity index (χ4n) is 3.44. The maximum Gasteiger partial charge on any atom is 0.248 e. The molecule has 8 nitrogen and oxygen atoms in total. The lowest BCUT2D eigenvalue weighted by Crippen LogP contribution is -2.23. The average Bonchev–Trinajstić information content (AvgIpc) is 3.23. The van der Waals surface area contributed by atoms with Crippen molar-refractivity contribution in [3.05, 3.63) is 66.6 Å². The standard InChI is InChI=1S/C23H18F2N4O4/c1-13(30)29(18-5-4-6-19(31-2)22(18)32-3)23-20(17-9-10-26-12-27-17)21(28-33-23)15-8-7-14(24)11-16(15)25/h4-12H,1-3H3. The van der Waals surface area contributed by atoms with Gasteiger partial charge < -0.3 is 14.0 Å². The third-order valence-corrected chi connectivity index (χ3v) is 4.84. The van der Waals surface area contributed by atoms with E-state index >= 15 is 0 Å². The van der Waals surface area contributed by atoms with Gasteiger partial charge in [0.15, 0.2) is 11.5 Å². The minimum Gasteiger partial charge on any atom is -0.493 e. The lowest BCUT2D eigenvalue weighted by Gasteiger charge is -2.22. The zero-order chi connectivity index (χ0) is 23.5. The number of carbonyl (C=O) groups excluding carboxylic acids is 1. The zero-order valence-corrected chi connectivity index (χ0v) is 17.9. The maximum atomic E-state index is 14.7. The Morgan fingerprint density at radius 3 is 2.55 bits per heavy atom. The number of nitrogens with zero attached hydrogens (tertiary/aromatic N) is 4. The van der Waals surface area contributed by atoms with Crippen molar-refractivity contribution in [2.24, 2.45) is 0 Å². The van der Waals surface area contributed by atoms with E-state index in [1.807, 2.05) is 0 Å². The van der Waals surface area contributed by atoms with Gasteiger partial charge in [-0.2, -0.15) is 0 Å². The molecule has 0 radical (unpaired) electrons. The van der Waals surface area contributed by atoms with Crippen molar-refractivity contribution in [2.45, 2.75) is 6.92 Å². The van der Waals surface area contributed by atoms with Gasteiger partial charge >= 0.3 is 0 Å². The number of aromatic nitrogens is 3. The summed E-state index contributed by atoms with van der Waals surface area (Å²) in [5.74, 6) is -1.41. The summed E-state index contributed by atoms with van der Waals surface area (Å²) in [6, 6.07) is 9.61. The number of hydrogen-bond acceptors (Lipinski definition) is 7. The van der Waals surface area contributed by atoms with E-state index in [-0.39, 0.29) is 28.5 Å². The molecule has 0 bridgehead atoms. The quantitative estimate of drug-likeness (QED) is 0.416. The van der Waals surface area contributed by atoms with Crippen LogP contribution in [0.15, 0.2) is 59.5 Å².